The lowest BCUT2D eigenvalue weighted by molar-refractivity contribution is -0.106. The van der Waals surface area contributed by atoms with Gasteiger partial charge in [0, 0.05) is 5.57 Å². The van der Waals surface area contributed by atoms with Crippen molar-refractivity contribution in [3.8, 4) is 0 Å². The summed E-state index contributed by atoms with van der Waals surface area (Å²) in [6.07, 6.45) is 5.86. The Morgan fingerprint density at radius 2 is 1.79 bits per heavy atom. The molecule has 70 valence electrons. The molecule has 0 aliphatic rings. The summed E-state index contributed by atoms with van der Waals surface area (Å²) in [7, 11) is 0. The standard InChI is InChI=1S/C12H10O2/c13-9-8-12(10-14)7-6-11-4-2-1-3-5-11/h1-10H/b7-6?,12-8-. The number of benzene rings is 1. The molecule has 1 aromatic rings. The second-order valence-electron chi connectivity index (χ2n) is 2.66. The van der Waals surface area contributed by atoms with Crippen molar-refractivity contribution >= 4 is 18.6 Å². The van der Waals surface area contributed by atoms with E-state index in [1.165, 1.54) is 6.08 Å². The van der Waals surface area contributed by atoms with E-state index in [-0.39, 0.29) is 0 Å². The lowest BCUT2D eigenvalue weighted by Gasteiger charge is -1.90. The van der Waals surface area contributed by atoms with Crippen molar-refractivity contribution in [2.75, 3.05) is 0 Å². The third kappa shape index (κ3) is 3.19. The van der Waals surface area contributed by atoms with Crippen molar-refractivity contribution in [2.24, 2.45) is 0 Å². The maximum atomic E-state index is 10.4. The second kappa shape index (κ2) is 5.65. The molecule has 0 fully saturated rings. The molecule has 2 nitrogen and oxygen atoms in total. The minimum Gasteiger partial charge on any atom is -0.299 e. The van der Waals surface area contributed by atoms with Gasteiger partial charge in [-0.2, -0.15) is 0 Å². The molecule has 0 amide bonds. The van der Waals surface area contributed by atoms with E-state index >= 15 is 0 Å². The SMILES string of the molecule is O=C/C=C(\C=O)C=Cc1ccccc1. The topological polar surface area (TPSA) is 34.1 Å². The molecule has 0 unspecified atom stereocenters. The van der Waals surface area contributed by atoms with Crippen molar-refractivity contribution in [3.05, 3.63) is 53.6 Å². The van der Waals surface area contributed by atoms with Gasteiger partial charge in [0.05, 0.1) is 0 Å². The highest BCUT2D eigenvalue weighted by Gasteiger charge is 1.87. The fraction of sp³-hybridized carbons (Fsp3) is 0. The van der Waals surface area contributed by atoms with E-state index in [9.17, 15) is 9.59 Å². The fourth-order valence-corrected chi connectivity index (χ4v) is 0.969. The van der Waals surface area contributed by atoms with E-state index < -0.39 is 0 Å². The van der Waals surface area contributed by atoms with Crippen LogP contribution in [0.3, 0.4) is 0 Å². The monoisotopic (exact) mass is 186 g/mol. The first-order valence-electron chi connectivity index (χ1n) is 4.20. The number of hydrogen-bond acceptors (Lipinski definition) is 2. The van der Waals surface area contributed by atoms with Gasteiger partial charge in [-0.25, -0.2) is 0 Å². The van der Waals surface area contributed by atoms with Gasteiger partial charge in [-0.15, -0.1) is 0 Å². The van der Waals surface area contributed by atoms with Crippen LogP contribution in [0.25, 0.3) is 6.08 Å². The van der Waals surface area contributed by atoms with E-state index in [0.29, 0.717) is 18.1 Å². The van der Waals surface area contributed by atoms with Crippen LogP contribution < -0.4 is 0 Å². The average molecular weight is 186 g/mol. The Bertz CT molecular complexity index is 361. The van der Waals surface area contributed by atoms with Gasteiger partial charge in [-0.1, -0.05) is 42.5 Å². The predicted molar refractivity (Wildman–Crippen MR) is 55.7 cm³/mol. The third-order valence-electron chi connectivity index (χ3n) is 1.66. The number of allylic oxidation sites excluding steroid dienone is 3. The van der Waals surface area contributed by atoms with Gasteiger partial charge in [0.25, 0.3) is 0 Å². The molecule has 0 bridgehead atoms. The molecule has 14 heavy (non-hydrogen) atoms. The summed E-state index contributed by atoms with van der Waals surface area (Å²) in [5, 5.41) is 0. The predicted octanol–water partition coefficient (Wildman–Crippen LogP) is 2.02. The van der Waals surface area contributed by atoms with Crippen LogP contribution >= 0.6 is 0 Å². The number of hydrogen-bond donors (Lipinski definition) is 0. The molecular formula is C12H10O2. The number of carbonyl (C=O) groups is 2. The lowest BCUT2D eigenvalue weighted by atomic mass is 10.1. The summed E-state index contributed by atoms with van der Waals surface area (Å²) in [6.45, 7) is 0. The number of carbonyl (C=O) groups excluding carboxylic acids is 2. The highest BCUT2D eigenvalue weighted by molar-refractivity contribution is 5.86. The summed E-state index contributed by atoms with van der Waals surface area (Å²) in [5.41, 5.74) is 1.36. The Hall–Kier alpha value is -1.96. The second-order valence-corrected chi connectivity index (χ2v) is 2.66. The molecule has 0 aliphatic carbocycles. The number of aldehydes is 2. The highest BCUT2D eigenvalue weighted by Crippen LogP contribution is 2.03. The maximum Gasteiger partial charge on any atom is 0.150 e. The average Bonchev–Trinajstić information content (AvgIpc) is 2.25. The molecule has 0 saturated heterocycles. The Labute approximate surface area is 82.6 Å². The normalized spacial score (nSPS) is 11.6. The number of rotatable bonds is 4. The lowest BCUT2D eigenvalue weighted by Crippen LogP contribution is -1.79. The van der Waals surface area contributed by atoms with E-state index in [1.807, 2.05) is 30.3 Å². The molecule has 0 atom stereocenters. The largest absolute Gasteiger partial charge is 0.299 e. The van der Waals surface area contributed by atoms with Gasteiger partial charge in [0.2, 0.25) is 0 Å². The van der Waals surface area contributed by atoms with Crippen molar-refractivity contribution in [1.29, 1.82) is 0 Å². The van der Waals surface area contributed by atoms with Gasteiger partial charge in [-0.05, 0) is 11.6 Å². The fourth-order valence-electron chi connectivity index (χ4n) is 0.969. The molecule has 0 saturated carbocycles. The first kappa shape index (κ1) is 10.1. The Balaban J connectivity index is 2.77. The Kier molecular flexibility index (Phi) is 4.08. The first-order valence-corrected chi connectivity index (χ1v) is 4.20. The highest BCUT2D eigenvalue weighted by atomic mass is 16.1. The van der Waals surface area contributed by atoms with Crippen LogP contribution in [-0.4, -0.2) is 12.6 Å². The zero-order chi connectivity index (χ0) is 10.2. The summed E-state index contributed by atoms with van der Waals surface area (Å²) in [6, 6.07) is 9.56. The van der Waals surface area contributed by atoms with Crippen LogP contribution in [0.5, 0.6) is 0 Å². The molecule has 1 aromatic carbocycles. The molecule has 0 N–H and O–H groups in total. The van der Waals surface area contributed by atoms with Gasteiger partial charge in [-0.3, -0.25) is 9.59 Å². The van der Waals surface area contributed by atoms with Crippen LogP contribution in [0, 0.1) is 0 Å². The molecular weight excluding hydrogens is 176 g/mol. The van der Waals surface area contributed by atoms with Crippen molar-refractivity contribution in [3.63, 3.8) is 0 Å². The van der Waals surface area contributed by atoms with Crippen LogP contribution in [-0.2, 0) is 9.59 Å². The van der Waals surface area contributed by atoms with E-state index in [1.54, 1.807) is 12.2 Å². The van der Waals surface area contributed by atoms with Crippen LogP contribution in [0.15, 0.2) is 48.1 Å². The van der Waals surface area contributed by atoms with Gasteiger partial charge in [0.1, 0.15) is 12.6 Å². The van der Waals surface area contributed by atoms with E-state index in [2.05, 4.69) is 0 Å². The van der Waals surface area contributed by atoms with Gasteiger partial charge >= 0.3 is 0 Å². The zero-order valence-corrected chi connectivity index (χ0v) is 7.59. The van der Waals surface area contributed by atoms with Gasteiger partial charge in [0.15, 0.2) is 0 Å². The van der Waals surface area contributed by atoms with Gasteiger partial charge < -0.3 is 0 Å². The summed E-state index contributed by atoms with van der Waals surface area (Å²) in [4.78, 5) is 20.6. The first-order chi connectivity index (χ1) is 6.86. The Morgan fingerprint density at radius 3 is 2.36 bits per heavy atom. The van der Waals surface area contributed by atoms with E-state index in [0.717, 1.165) is 5.56 Å². The molecule has 0 radical (unpaired) electrons. The summed E-state index contributed by atoms with van der Waals surface area (Å²) >= 11 is 0. The van der Waals surface area contributed by atoms with Crippen molar-refractivity contribution < 1.29 is 9.59 Å². The molecule has 0 heterocycles. The van der Waals surface area contributed by atoms with Crippen LogP contribution in [0.2, 0.25) is 0 Å². The quantitative estimate of drug-likeness (QED) is 0.409. The van der Waals surface area contributed by atoms with Crippen LogP contribution in [0.1, 0.15) is 5.56 Å². The molecule has 1 rings (SSSR count). The Morgan fingerprint density at radius 1 is 1.07 bits per heavy atom. The smallest absolute Gasteiger partial charge is 0.150 e. The molecule has 2 heteroatoms. The third-order valence-corrected chi connectivity index (χ3v) is 1.66. The van der Waals surface area contributed by atoms with Crippen LogP contribution in [0.4, 0.5) is 0 Å². The zero-order valence-electron chi connectivity index (χ0n) is 7.59. The minimum absolute atomic E-state index is 0.365. The summed E-state index contributed by atoms with van der Waals surface area (Å²) < 4.78 is 0. The molecule has 0 aromatic heterocycles. The molecule has 0 aliphatic heterocycles. The van der Waals surface area contributed by atoms with Crippen molar-refractivity contribution in [1.82, 2.24) is 0 Å². The summed E-state index contributed by atoms with van der Waals surface area (Å²) in [5.74, 6) is 0. The maximum absolute atomic E-state index is 10.4. The van der Waals surface area contributed by atoms with E-state index in [4.69, 9.17) is 0 Å². The van der Waals surface area contributed by atoms with Crippen molar-refractivity contribution in [2.45, 2.75) is 0 Å². The minimum atomic E-state index is 0.365. The molecule has 0 spiro atoms.